The van der Waals surface area contributed by atoms with Gasteiger partial charge < -0.3 is 21.0 Å². The molecular weight excluding hydrogens is 355 g/mol. The van der Waals surface area contributed by atoms with Crippen molar-refractivity contribution in [2.75, 3.05) is 5.32 Å². The fraction of sp³-hybridized carbons (Fsp3) is 0.182. The van der Waals surface area contributed by atoms with Gasteiger partial charge in [-0.3, -0.25) is 4.79 Å². The number of aromatic amines is 1. The van der Waals surface area contributed by atoms with Crippen LogP contribution in [-0.2, 0) is 0 Å². The van der Waals surface area contributed by atoms with E-state index in [4.69, 9.17) is 5.41 Å². The van der Waals surface area contributed by atoms with Crippen LogP contribution in [0.5, 0.6) is 0 Å². The topological polar surface area (TPSA) is 80.8 Å². The van der Waals surface area contributed by atoms with Crippen LogP contribution in [0.25, 0.3) is 10.9 Å². The third-order valence-corrected chi connectivity index (χ3v) is 5.04. The highest BCUT2D eigenvalue weighted by Crippen LogP contribution is 2.27. The summed E-state index contributed by atoms with van der Waals surface area (Å²) in [5, 5.41) is 14.9. The van der Waals surface area contributed by atoms with Crippen molar-refractivity contribution in [2.24, 2.45) is 0 Å². The summed E-state index contributed by atoms with van der Waals surface area (Å²) in [6.45, 7) is 0. The normalized spacial score (nSPS) is 16.8. The fourth-order valence-corrected chi connectivity index (χ4v) is 3.62. The van der Waals surface area contributed by atoms with Crippen LogP contribution in [0.1, 0.15) is 29.8 Å². The quantitative estimate of drug-likeness (QED) is 0.491. The monoisotopic (exact) mass is 376 g/mol. The predicted octanol–water partition coefficient (Wildman–Crippen LogP) is 4.61. The van der Waals surface area contributed by atoms with Gasteiger partial charge in [0.1, 0.15) is 11.5 Å². The van der Waals surface area contributed by atoms with Crippen LogP contribution in [-0.4, -0.2) is 23.1 Å². The lowest BCUT2D eigenvalue weighted by molar-refractivity contribution is 0.0936. The van der Waals surface area contributed by atoms with E-state index in [0.717, 1.165) is 29.4 Å². The van der Waals surface area contributed by atoms with E-state index in [0.29, 0.717) is 23.4 Å². The Morgan fingerprint density at radius 2 is 1.96 bits per heavy atom. The van der Waals surface area contributed by atoms with Gasteiger partial charge in [0.05, 0.1) is 11.7 Å². The molecule has 1 aliphatic carbocycles. The van der Waals surface area contributed by atoms with Gasteiger partial charge in [0, 0.05) is 28.4 Å². The average Bonchev–Trinajstić information content (AvgIpc) is 3.14. The van der Waals surface area contributed by atoms with E-state index in [1.165, 1.54) is 12.3 Å². The third kappa shape index (κ3) is 3.53. The molecule has 0 saturated heterocycles. The van der Waals surface area contributed by atoms with E-state index in [9.17, 15) is 9.18 Å². The molecular formula is C22H21FN4O. The maximum absolute atomic E-state index is 14.0. The second kappa shape index (κ2) is 7.68. The highest BCUT2D eigenvalue weighted by molar-refractivity contribution is 5.98. The molecule has 142 valence electrons. The van der Waals surface area contributed by atoms with Gasteiger partial charge in [-0.1, -0.05) is 30.3 Å². The molecule has 6 heteroatoms. The number of amides is 1. The number of hydrogen-bond acceptors (Lipinski definition) is 3. The summed E-state index contributed by atoms with van der Waals surface area (Å²) in [6, 6.07) is 15.7. The molecule has 1 atom stereocenters. The Morgan fingerprint density at radius 3 is 2.75 bits per heavy atom. The maximum atomic E-state index is 14.0. The minimum Gasteiger partial charge on any atom is -0.356 e. The second-order valence-corrected chi connectivity index (χ2v) is 6.87. The molecule has 1 heterocycles. The Bertz CT molecular complexity index is 1040. The van der Waals surface area contributed by atoms with Crippen molar-refractivity contribution < 1.29 is 9.18 Å². The number of aromatic nitrogens is 1. The molecule has 4 rings (SSSR count). The highest BCUT2D eigenvalue weighted by Gasteiger charge is 2.25. The predicted molar refractivity (Wildman–Crippen MR) is 109 cm³/mol. The summed E-state index contributed by atoms with van der Waals surface area (Å²) in [6.07, 6.45) is 3.53. The number of benzene rings is 2. The van der Waals surface area contributed by atoms with Crippen molar-refractivity contribution in [1.29, 1.82) is 5.41 Å². The Hall–Kier alpha value is -3.41. The minimum atomic E-state index is -0.344. The van der Waals surface area contributed by atoms with E-state index in [1.807, 2.05) is 30.3 Å². The first-order valence-electron chi connectivity index (χ1n) is 9.29. The van der Waals surface area contributed by atoms with Gasteiger partial charge in [-0.05, 0) is 43.5 Å². The van der Waals surface area contributed by atoms with Crippen LogP contribution >= 0.6 is 0 Å². The lowest BCUT2D eigenvalue weighted by Crippen LogP contribution is -2.39. The van der Waals surface area contributed by atoms with E-state index >= 15 is 0 Å². The number of nitrogens with one attached hydrogen (secondary N) is 4. The zero-order valence-electron chi connectivity index (χ0n) is 15.3. The summed E-state index contributed by atoms with van der Waals surface area (Å²) in [5.74, 6) is -0.559. The first-order valence-corrected chi connectivity index (χ1v) is 9.29. The van der Waals surface area contributed by atoms with Gasteiger partial charge >= 0.3 is 0 Å². The highest BCUT2D eigenvalue weighted by atomic mass is 19.1. The van der Waals surface area contributed by atoms with Crippen molar-refractivity contribution in [3.05, 3.63) is 77.4 Å². The number of anilines is 1. The van der Waals surface area contributed by atoms with Gasteiger partial charge in [0.15, 0.2) is 0 Å². The Kier molecular flexibility index (Phi) is 4.93. The SMILES string of the molecule is N=CC1=C(Nc2ccccc2F)CCCC1NC(=O)c1cc2ccccc2[nH]1. The summed E-state index contributed by atoms with van der Waals surface area (Å²) in [5.41, 5.74) is 3.22. The minimum absolute atomic E-state index is 0.215. The number of rotatable bonds is 5. The zero-order valence-corrected chi connectivity index (χ0v) is 15.3. The molecule has 0 saturated carbocycles. The van der Waals surface area contributed by atoms with Gasteiger partial charge in [0.25, 0.3) is 5.91 Å². The number of para-hydroxylation sites is 2. The third-order valence-electron chi connectivity index (χ3n) is 5.04. The number of hydrogen-bond donors (Lipinski definition) is 4. The average molecular weight is 376 g/mol. The van der Waals surface area contributed by atoms with E-state index in [-0.39, 0.29) is 17.8 Å². The molecule has 0 radical (unpaired) electrons. The van der Waals surface area contributed by atoms with Crippen LogP contribution in [0.15, 0.2) is 65.9 Å². The molecule has 5 nitrogen and oxygen atoms in total. The van der Waals surface area contributed by atoms with Crippen LogP contribution in [0.4, 0.5) is 10.1 Å². The smallest absolute Gasteiger partial charge is 0.268 e. The van der Waals surface area contributed by atoms with E-state index in [2.05, 4.69) is 15.6 Å². The van der Waals surface area contributed by atoms with E-state index in [1.54, 1.807) is 18.2 Å². The summed E-state index contributed by atoms with van der Waals surface area (Å²) in [7, 11) is 0. The maximum Gasteiger partial charge on any atom is 0.268 e. The fourth-order valence-electron chi connectivity index (χ4n) is 3.62. The van der Waals surface area contributed by atoms with Gasteiger partial charge in [-0.25, -0.2) is 4.39 Å². The molecule has 1 aliphatic rings. The first kappa shape index (κ1) is 18.0. The Morgan fingerprint density at radius 1 is 1.18 bits per heavy atom. The number of halogens is 1. The van der Waals surface area contributed by atoms with Gasteiger partial charge in [0.2, 0.25) is 0 Å². The molecule has 4 N–H and O–H groups in total. The van der Waals surface area contributed by atoms with Crippen LogP contribution in [0.2, 0.25) is 0 Å². The number of H-pyrrole nitrogens is 1. The van der Waals surface area contributed by atoms with Crippen LogP contribution in [0.3, 0.4) is 0 Å². The lowest BCUT2D eigenvalue weighted by atomic mass is 9.91. The van der Waals surface area contributed by atoms with E-state index < -0.39 is 0 Å². The zero-order chi connectivity index (χ0) is 19.5. The lowest BCUT2D eigenvalue weighted by Gasteiger charge is -2.28. The number of fused-ring (bicyclic) bond motifs is 1. The molecule has 28 heavy (non-hydrogen) atoms. The van der Waals surface area contributed by atoms with Crippen molar-refractivity contribution in [3.63, 3.8) is 0 Å². The van der Waals surface area contributed by atoms with Crippen molar-refractivity contribution >= 4 is 28.7 Å². The second-order valence-electron chi connectivity index (χ2n) is 6.87. The molecule has 1 unspecified atom stereocenters. The first-order chi connectivity index (χ1) is 13.7. The summed E-state index contributed by atoms with van der Waals surface area (Å²) in [4.78, 5) is 15.9. The number of carbonyl (C=O) groups is 1. The molecule has 1 aromatic heterocycles. The van der Waals surface area contributed by atoms with Crippen molar-refractivity contribution in [2.45, 2.75) is 25.3 Å². The van der Waals surface area contributed by atoms with Gasteiger partial charge in [-0.15, -0.1) is 0 Å². The molecule has 3 aromatic rings. The molecule has 0 bridgehead atoms. The number of allylic oxidation sites excluding steroid dienone is 1. The molecule has 0 aliphatic heterocycles. The Balaban J connectivity index is 1.57. The Labute approximate surface area is 162 Å². The van der Waals surface area contributed by atoms with Crippen LogP contribution in [0, 0.1) is 11.2 Å². The molecule has 2 aromatic carbocycles. The summed E-state index contributed by atoms with van der Waals surface area (Å²) >= 11 is 0. The molecule has 0 fully saturated rings. The van der Waals surface area contributed by atoms with Gasteiger partial charge in [-0.2, -0.15) is 0 Å². The molecule has 1 amide bonds. The number of carbonyl (C=O) groups excluding carboxylic acids is 1. The van der Waals surface area contributed by atoms with Crippen molar-refractivity contribution in [3.8, 4) is 0 Å². The van der Waals surface area contributed by atoms with Crippen LogP contribution < -0.4 is 10.6 Å². The summed E-state index contributed by atoms with van der Waals surface area (Å²) < 4.78 is 14.0. The standard InChI is InChI=1S/C22H21FN4O/c23-16-7-2-4-9-20(16)26-18-10-5-11-19(15(18)13-24)27-22(28)21-12-14-6-1-3-8-17(14)25-21/h1-4,6-9,12-13,19,24-26H,5,10-11H2,(H,27,28). The largest absolute Gasteiger partial charge is 0.356 e. The van der Waals surface area contributed by atoms with Crippen molar-refractivity contribution in [1.82, 2.24) is 10.3 Å². The molecule has 0 spiro atoms.